The minimum Gasteiger partial charge on any atom is -0.366 e. The number of benzene rings is 1. The third-order valence-corrected chi connectivity index (χ3v) is 6.08. The number of carbonyl (C=O) groups is 2. The number of nitrogens with zero attached hydrogens (tertiary/aromatic N) is 4. The lowest BCUT2D eigenvalue weighted by molar-refractivity contribution is -0.384. The summed E-state index contributed by atoms with van der Waals surface area (Å²) in [7, 11) is 0. The van der Waals surface area contributed by atoms with E-state index in [0.717, 1.165) is 12.1 Å². The average Bonchev–Trinajstić information content (AvgIpc) is 2.77. The summed E-state index contributed by atoms with van der Waals surface area (Å²) in [5.74, 6) is -0.255. The van der Waals surface area contributed by atoms with Gasteiger partial charge in [-0.1, -0.05) is 13.8 Å². The van der Waals surface area contributed by atoms with Gasteiger partial charge in [0.15, 0.2) is 0 Å². The molecular formula is C21H27F3N4O4. The molecule has 1 aromatic rings. The van der Waals surface area contributed by atoms with Crippen molar-refractivity contribution in [2.24, 2.45) is 11.8 Å². The number of hydrogen-bond donors (Lipinski definition) is 0. The molecule has 0 aromatic heterocycles. The van der Waals surface area contributed by atoms with E-state index in [2.05, 4.69) is 0 Å². The van der Waals surface area contributed by atoms with Crippen LogP contribution in [0.4, 0.5) is 24.5 Å². The fourth-order valence-electron chi connectivity index (χ4n) is 4.25. The Morgan fingerprint density at radius 3 is 2.09 bits per heavy atom. The smallest absolute Gasteiger partial charge is 0.366 e. The normalized spacial score (nSPS) is 18.2. The van der Waals surface area contributed by atoms with Crippen molar-refractivity contribution in [3.8, 4) is 0 Å². The Morgan fingerprint density at radius 2 is 1.59 bits per heavy atom. The van der Waals surface area contributed by atoms with Crippen molar-refractivity contribution >= 4 is 23.2 Å². The maximum atomic E-state index is 12.9. The summed E-state index contributed by atoms with van der Waals surface area (Å²) in [4.78, 5) is 40.8. The summed E-state index contributed by atoms with van der Waals surface area (Å²) in [5, 5.41) is 11.4. The molecule has 0 atom stereocenters. The Balaban J connectivity index is 1.60. The SMILES string of the molecule is CC(C)C(=O)N1CCN(C(=O)C2CCN(c3ccc(C(F)(F)F)cc3[N+](=O)[O-])CC2)CC1. The first-order valence-electron chi connectivity index (χ1n) is 10.7. The molecule has 2 amide bonds. The zero-order valence-corrected chi connectivity index (χ0v) is 18.1. The second-order valence-corrected chi connectivity index (χ2v) is 8.52. The Kier molecular flexibility index (Phi) is 6.94. The summed E-state index contributed by atoms with van der Waals surface area (Å²) < 4.78 is 38.8. The van der Waals surface area contributed by atoms with Crippen LogP contribution in [0.2, 0.25) is 0 Å². The molecule has 11 heteroatoms. The molecule has 2 aliphatic rings. The van der Waals surface area contributed by atoms with Gasteiger partial charge in [0, 0.05) is 57.2 Å². The van der Waals surface area contributed by atoms with Gasteiger partial charge < -0.3 is 14.7 Å². The number of carbonyl (C=O) groups excluding carboxylic acids is 2. The lowest BCUT2D eigenvalue weighted by atomic mass is 9.94. The first-order valence-corrected chi connectivity index (χ1v) is 10.7. The molecule has 2 aliphatic heterocycles. The number of anilines is 1. The van der Waals surface area contributed by atoms with E-state index in [9.17, 15) is 32.9 Å². The number of nitro benzene ring substituents is 1. The minimum absolute atomic E-state index is 0.00298. The van der Waals surface area contributed by atoms with Crippen LogP contribution in [0.1, 0.15) is 32.3 Å². The van der Waals surface area contributed by atoms with Crippen molar-refractivity contribution in [3.05, 3.63) is 33.9 Å². The third-order valence-electron chi connectivity index (χ3n) is 6.08. The zero-order valence-electron chi connectivity index (χ0n) is 18.1. The quantitative estimate of drug-likeness (QED) is 0.513. The fraction of sp³-hybridized carbons (Fsp3) is 0.619. The standard InChI is InChI=1S/C21H27F3N4O4/c1-14(2)19(29)26-9-11-27(12-10-26)20(30)15-5-7-25(8-6-15)17-4-3-16(21(22,23)24)13-18(17)28(31)32/h3-4,13-15H,5-12H2,1-2H3. The third kappa shape index (κ3) is 5.13. The van der Waals surface area contributed by atoms with Gasteiger partial charge in [0.05, 0.1) is 10.5 Å². The topological polar surface area (TPSA) is 87.0 Å². The number of rotatable bonds is 4. The molecule has 0 N–H and O–H groups in total. The minimum atomic E-state index is -4.66. The van der Waals surface area contributed by atoms with Crippen LogP contribution in [-0.4, -0.2) is 65.8 Å². The van der Waals surface area contributed by atoms with E-state index in [0.29, 0.717) is 58.2 Å². The van der Waals surface area contributed by atoms with Gasteiger partial charge in [-0.2, -0.15) is 13.2 Å². The van der Waals surface area contributed by atoms with Crippen LogP contribution in [0, 0.1) is 22.0 Å². The second-order valence-electron chi connectivity index (χ2n) is 8.52. The van der Waals surface area contributed by atoms with Gasteiger partial charge in [-0.05, 0) is 25.0 Å². The van der Waals surface area contributed by atoms with E-state index in [1.807, 2.05) is 13.8 Å². The van der Waals surface area contributed by atoms with Crippen LogP contribution in [0.3, 0.4) is 0 Å². The molecule has 0 spiro atoms. The molecule has 0 saturated carbocycles. The second kappa shape index (κ2) is 9.33. The molecule has 0 bridgehead atoms. The Labute approximate surface area is 184 Å². The van der Waals surface area contributed by atoms with Crippen molar-refractivity contribution in [1.29, 1.82) is 0 Å². The summed E-state index contributed by atoms with van der Waals surface area (Å²) in [6, 6.07) is 2.54. The number of nitro groups is 1. The maximum absolute atomic E-state index is 12.9. The van der Waals surface area contributed by atoms with Crippen LogP contribution in [0.15, 0.2) is 18.2 Å². The lowest BCUT2D eigenvalue weighted by Crippen LogP contribution is -2.53. The zero-order chi connectivity index (χ0) is 23.6. The van der Waals surface area contributed by atoms with E-state index in [-0.39, 0.29) is 29.3 Å². The van der Waals surface area contributed by atoms with Gasteiger partial charge >= 0.3 is 6.18 Å². The maximum Gasteiger partial charge on any atom is 0.416 e. The first-order chi connectivity index (χ1) is 15.0. The Bertz CT molecular complexity index is 874. The molecular weight excluding hydrogens is 429 g/mol. The number of hydrogen-bond acceptors (Lipinski definition) is 5. The summed E-state index contributed by atoms with van der Waals surface area (Å²) >= 11 is 0. The van der Waals surface area contributed by atoms with Crippen LogP contribution in [0.5, 0.6) is 0 Å². The van der Waals surface area contributed by atoms with Crippen molar-refractivity contribution in [3.63, 3.8) is 0 Å². The molecule has 1 aromatic carbocycles. The number of piperazine rings is 1. The molecule has 2 heterocycles. The predicted octanol–water partition coefficient (Wildman–Crippen LogP) is 3.16. The van der Waals surface area contributed by atoms with Gasteiger partial charge in [0.1, 0.15) is 5.69 Å². The molecule has 32 heavy (non-hydrogen) atoms. The summed E-state index contributed by atoms with van der Waals surface area (Å²) in [6.07, 6.45) is -3.74. The summed E-state index contributed by atoms with van der Waals surface area (Å²) in [6.45, 7) is 6.31. The monoisotopic (exact) mass is 456 g/mol. The van der Waals surface area contributed by atoms with E-state index in [1.54, 1.807) is 14.7 Å². The van der Waals surface area contributed by atoms with Gasteiger partial charge in [0.2, 0.25) is 11.8 Å². The Hall–Kier alpha value is -2.85. The van der Waals surface area contributed by atoms with E-state index < -0.39 is 22.4 Å². The lowest BCUT2D eigenvalue weighted by Gasteiger charge is -2.39. The Morgan fingerprint density at radius 1 is 1.03 bits per heavy atom. The number of halogens is 3. The number of piperidine rings is 1. The van der Waals surface area contributed by atoms with Crippen molar-refractivity contribution in [1.82, 2.24) is 9.80 Å². The van der Waals surface area contributed by atoms with Crippen LogP contribution < -0.4 is 4.90 Å². The van der Waals surface area contributed by atoms with Crippen LogP contribution in [0.25, 0.3) is 0 Å². The number of amides is 2. The fourth-order valence-corrected chi connectivity index (χ4v) is 4.25. The van der Waals surface area contributed by atoms with Crippen LogP contribution in [-0.2, 0) is 15.8 Å². The highest BCUT2D eigenvalue weighted by atomic mass is 19.4. The highest BCUT2D eigenvalue weighted by Crippen LogP contribution is 2.37. The highest BCUT2D eigenvalue weighted by Gasteiger charge is 2.36. The molecule has 3 rings (SSSR count). The highest BCUT2D eigenvalue weighted by molar-refractivity contribution is 5.81. The molecule has 0 aliphatic carbocycles. The molecule has 2 fully saturated rings. The first kappa shape index (κ1) is 23.8. The molecule has 176 valence electrons. The van der Waals surface area contributed by atoms with Gasteiger partial charge in [0.25, 0.3) is 5.69 Å². The molecule has 2 saturated heterocycles. The van der Waals surface area contributed by atoms with Crippen molar-refractivity contribution in [2.75, 3.05) is 44.2 Å². The largest absolute Gasteiger partial charge is 0.416 e. The van der Waals surface area contributed by atoms with Crippen molar-refractivity contribution < 1.29 is 27.7 Å². The summed E-state index contributed by atoms with van der Waals surface area (Å²) in [5.41, 5.74) is -1.52. The van der Waals surface area contributed by atoms with Crippen molar-refractivity contribution in [2.45, 2.75) is 32.9 Å². The molecule has 0 unspecified atom stereocenters. The van der Waals surface area contributed by atoms with Crippen LogP contribution >= 0.6 is 0 Å². The van der Waals surface area contributed by atoms with Gasteiger partial charge in [-0.15, -0.1) is 0 Å². The van der Waals surface area contributed by atoms with E-state index >= 15 is 0 Å². The van der Waals surface area contributed by atoms with E-state index in [4.69, 9.17) is 0 Å². The number of alkyl halides is 3. The predicted molar refractivity (Wildman–Crippen MR) is 111 cm³/mol. The van der Waals surface area contributed by atoms with E-state index in [1.165, 1.54) is 0 Å². The average molecular weight is 456 g/mol. The molecule has 8 nitrogen and oxygen atoms in total. The molecule has 0 radical (unpaired) electrons. The van der Waals surface area contributed by atoms with Gasteiger partial charge in [-0.25, -0.2) is 0 Å². The van der Waals surface area contributed by atoms with Gasteiger partial charge in [-0.3, -0.25) is 19.7 Å².